The molecule has 0 aromatic carbocycles. The number of carbonyl (C=O) groups is 1. The van der Waals surface area contributed by atoms with Crippen LogP contribution in [-0.2, 0) is 23.1 Å². The van der Waals surface area contributed by atoms with Gasteiger partial charge in [-0.3, -0.25) is 13.9 Å². The molecule has 1 saturated carbocycles. The molecule has 0 N–H and O–H groups in total. The lowest BCUT2D eigenvalue weighted by molar-refractivity contribution is -0.144. The lowest BCUT2D eigenvalue weighted by atomic mass is 9.97. The van der Waals surface area contributed by atoms with Crippen LogP contribution in [0, 0.1) is 11.3 Å². The number of hydrogen-bond donors (Lipinski definition) is 0. The number of aromatic nitrogens is 3. The van der Waals surface area contributed by atoms with E-state index in [4.69, 9.17) is 4.74 Å². The van der Waals surface area contributed by atoms with Gasteiger partial charge in [-0.25, -0.2) is 9.78 Å². The van der Waals surface area contributed by atoms with Crippen LogP contribution >= 0.6 is 0 Å². The van der Waals surface area contributed by atoms with Gasteiger partial charge in [0.05, 0.1) is 18.0 Å². The molecule has 2 atom stereocenters. The van der Waals surface area contributed by atoms with Crippen LogP contribution in [0.4, 0.5) is 0 Å². The molecule has 0 radical (unpaired) electrons. The third-order valence-electron chi connectivity index (χ3n) is 4.39. The van der Waals surface area contributed by atoms with Crippen molar-refractivity contribution < 1.29 is 9.53 Å². The van der Waals surface area contributed by atoms with E-state index in [1.54, 1.807) is 16.2 Å². The van der Waals surface area contributed by atoms with Crippen LogP contribution in [-0.4, -0.2) is 26.7 Å². The van der Waals surface area contributed by atoms with Crippen LogP contribution < -0.4 is 5.69 Å². The summed E-state index contributed by atoms with van der Waals surface area (Å²) < 4.78 is 8.45. The molecule has 3 rings (SSSR count). The third kappa shape index (κ3) is 2.97. The standard InChI is InChI=1S/C18H25N3O3/c1-6-24-16(22)12-9-11(12)13-7-8-14-15(19-13)20(5)17(23)21(14)10-18(2,3)4/h7-8,11-12H,6,9-10H2,1-5H3/t11?,12-/m1/s1. The fourth-order valence-corrected chi connectivity index (χ4v) is 3.15. The summed E-state index contributed by atoms with van der Waals surface area (Å²) >= 11 is 0. The van der Waals surface area contributed by atoms with Gasteiger partial charge in [0.15, 0.2) is 5.65 Å². The van der Waals surface area contributed by atoms with Gasteiger partial charge in [0.2, 0.25) is 0 Å². The third-order valence-corrected chi connectivity index (χ3v) is 4.39. The van der Waals surface area contributed by atoms with Gasteiger partial charge in [-0.1, -0.05) is 20.8 Å². The maximum atomic E-state index is 12.5. The van der Waals surface area contributed by atoms with E-state index in [0.717, 1.165) is 17.6 Å². The van der Waals surface area contributed by atoms with Crippen LogP contribution in [0.5, 0.6) is 0 Å². The normalized spacial score (nSPS) is 20.4. The summed E-state index contributed by atoms with van der Waals surface area (Å²) in [6, 6.07) is 3.89. The number of pyridine rings is 1. The molecule has 0 bridgehead atoms. The van der Waals surface area contributed by atoms with Crippen molar-refractivity contribution in [2.24, 2.45) is 18.4 Å². The zero-order valence-electron chi connectivity index (χ0n) is 15.0. The highest BCUT2D eigenvalue weighted by Crippen LogP contribution is 2.47. The summed E-state index contributed by atoms with van der Waals surface area (Å²) in [6.45, 7) is 9.17. The average Bonchev–Trinajstić information content (AvgIpc) is 3.27. The molecule has 2 aromatic rings. The molecule has 0 spiro atoms. The summed E-state index contributed by atoms with van der Waals surface area (Å²) in [7, 11) is 1.75. The van der Waals surface area contributed by atoms with E-state index in [1.165, 1.54) is 0 Å². The SMILES string of the molecule is CCOC(=O)[C@@H]1CC1c1ccc2c(n1)n(C)c(=O)n2CC(C)(C)C. The monoisotopic (exact) mass is 331 g/mol. The Balaban J connectivity index is 1.95. The quantitative estimate of drug-likeness (QED) is 0.807. The van der Waals surface area contributed by atoms with Crippen molar-refractivity contribution in [3.05, 3.63) is 28.3 Å². The first-order valence-electron chi connectivity index (χ1n) is 8.45. The van der Waals surface area contributed by atoms with Gasteiger partial charge in [0.25, 0.3) is 0 Å². The number of rotatable bonds is 4. The first-order chi connectivity index (χ1) is 11.2. The zero-order valence-corrected chi connectivity index (χ0v) is 15.0. The number of carbonyl (C=O) groups excluding carboxylic acids is 1. The minimum atomic E-state index is -0.149. The summed E-state index contributed by atoms with van der Waals surface area (Å²) in [4.78, 5) is 29.0. The number of esters is 1. The Morgan fingerprint density at radius 3 is 2.71 bits per heavy atom. The topological polar surface area (TPSA) is 66.1 Å². The average molecular weight is 331 g/mol. The van der Waals surface area contributed by atoms with Crippen molar-refractivity contribution in [1.29, 1.82) is 0 Å². The maximum Gasteiger partial charge on any atom is 0.330 e. The highest BCUT2D eigenvalue weighted by Gasteiger charge is 2.46. The predicted molar refractivity (Wildman–Crippen MR) is 91.9 cm³/mol. The summed E-state index contributed by atoms with van der Waals surface area (Å²) in [5.41, 5.74) is 2.33. The van der Waals surface area contributed by atoms with Crippen molar-refractivity contribution in [2.45, 2.75) is 46.6 Å². The van der Waals surface area contributed by atoms with E-state index < -0.39 is 0 Å². The lowest BCUT2D eigenvalue weighted by Gasteiger charge is -2.18. The molecule has 0 aliphatic heterocycles. The summed E-state index contributed by atoms with van der Waals surface area (Å²) in [6.07, 6.45) is 0.772. The highest BCUT2D eigenvalue weighted by atomic mass is 16.5. The van der Waals surface area contributed by atoms with E-state index in [1.807, 2.05) is 19.1 Å². The van der Waals surface area contributed by atoms with Crippen molar-refractivity contribution in [3.63, 3.8) is 0 Å². The molecule has 130 valence electrons. The van der Waals surface area contributed by atoms with Gasteiger partial charge in [-0.2, -0.15) is 0 Å². The molecular weight excluding hydrogens is 306 g/mol. The highest BCUT2D eigenvalue weighted by molar-refractivity contribution is 5.78. The summed E-state index contributed by atoms with van der Waals surface area (Å²) in [5.74, 6) is -0.137. The second-order valence-corrected chi connectivity index (χ2v) is 7.77. The second kappa shape index (κ2) is 5.76. The van der Waals surface area contributed by atoms with E-state index in [-0.39, 0.29) is 28.9 Å². The van der Waals surface area contributed by atoms with Gasteiger partial charge in [0.1, 0.15) is 0 Å². The largest absolute Gasteiger partial charge is 0.466 e. The Kier molecular flexibility index (Phi) is 4.01. The first-order valence-corrected chi connectivity index (χ1v) is 8.45. The van der Waals surface area contributed by atoms with E-state index in [0.29, 0.717) is 18.8 Å². The summed E-state index contributed by atoms with van der Waals surface area (Å²) in [5, 5.41) is 0. The Morgan fingerprint density at radius 1 is 1.38 bits per heavy atom. The molecule has 6 heteroatoms. The number of ether oxygens (including phenoxy) is 1. The Bertz CT molecular complexity index is 842. The molecule has 1 aliphatic rings. The van der Waals surface area contributed by atoms with Gasteiger partial charge in [-0.15, -0.1) is 0 Å². The number of imidazole rings is 1. The first kappa shape index (κ1) is 16.7. The number of aryl methyl sites for hydroxylation is 1. The molecule has 1 unspecified atom stereocenters. The van der Waals surface area contributed by atoms with Crippen LogP contribution in [0.2, 0.25) is 0 Å². The van der Waals surface area contributed by atoms with Crippen LogP contribution in [0.25, 0.3) is 11.2 Å². The molecular formula is C18H25N3O3. The van der Waals surface area contributed by atoms with Crippen molar-refractivity contribution in [2.75, 3.05) is 6.61 Å². The van der Waals surface area contributed by atoms with Crippen molar-refractivity contribution in [3.8, 4) is 0 Å². The molecule has 0 amide bonds. The molecule has 2 aromatic heterocycles. The van der Waals surface area contributed by atoms with Gasteiger partial charge in [-0.05, 0) is 30.9 Å². The molecule has 24 heavy (non-hydrogen) atoms. The smallest absolute Gasteiger partial charge is 0.330 e. The van der Waals surface area contributed by atoms with E-state index in [9.17, 15) is 9.59 Å². The van der Waals surface area contributed by atoms with Crippen molar-refractivity contribution in [1.82, 2.24) is 14.1 Å². The zero-order chi connectivity index (χ0) is 17.6. The molecule has 2 heterocycles. The molecule has 1 aliphatic carbocycles. The maximum absolute atomic E-state index is 12.5. The fraction of sp³-hybridized carbons (Fsp3) is 0.611. The number of nitrogens with zero attached hydrogens (tertiary/aromatic N) is 3. The van der Waals surface area contributed by atoms with Crippen LogP contribution in [0.3, 0.4) is 0 Å². The fourth-order valence-electron chi connectivity index (χ4n) is 3.15. The minimum absolute atomic E-state index is 0.00226. The predicted octanol–water partition coefficient (Wildman–Crippen LogP) is 2.45. The van der Waals surface area contributed by atoms with E-state index in [2.05, 4.69) is 25.8 Å². The molecule has 1 fully saturated rings. The minimum Gasteiger partial charge on any atom is -0.466 e. The van der Waals surface area contributed by atoms with Gasteiger partial charge < -0.3 is 4.74 Å². The second-order valence-electron chi connectivity index (χ2n) is 7.77. The molecule has 0 saturated heterocycles. The van der Waals surface area contributed by atoms with Crippen molar-refractivity contribution >= 4 is 17.1 Å². The Morgan fingerprint density at radius 2 is 2.08 bits per heavy atom. The number of hydrogen-bond acceptors (Lipinski definition) is 4. The lowest BCUT2D eigenvalue weighted by Crippen LogP contribution is -2.27. The van der Waals surface area contributed by atoms with Crippen LogP contribution in [0.15, 0.2) is 16.9 Å². The molecule has 6 nitrogen and oxygen atoms in total. The van der Waals surface area contributed by atoms with Gasteiger partial charge in [0, 0.05) is 25.2 Å². The number of fused-ring (bicyclic) bond motifs is 1. The van der Waals surface area contributed by atoms with E-state index >= 15 is 0 Å². The van der Waals surface area contributed by atoms with Crippen LogP contribution in [0.1, 0.15) is 45.7 Å². The Hall–Kier alpha value is -2.11. The van der Waals surface area contributed by atoms with Gasteiger partial charge >= 0.3 is 11.7 Å². The Labute approximate surface area is 141 Å².